The fourth-order valence-corrected chi connectivity index (χ4v) is 5.19. The topological polar surface area (TPSA) is 64.4 Å². The largest absolute Gasteiger partial charge is 0.497 e. The van der Waals surface area contributed by atoms with Gasteiger partial charge in [-0.25, -0.2) is 4.98 Å². The fourth-order valence-electron chi connectivity index (χ4n) is 4.12. The van der Waals surface area contributed by atoms with Crippen LogP contribution in [-0.2, 0) is 17.8 Å². The molecule has 4 aromatic rings. The van der Waals surface area contributed by atoms with Crippen molar-refractivity contribution in [3.8, 4) is 16.2 Å². The quantitative estimate of drug-likeness (QED) is 0.488. The van der Waals surface area contributed by atoms with Crippen LogP contribution in [0.15, 0.2) is 65.7 Å². The van der Waals surface area contributed by atoms with Crippen LogP contribution < -0.4 is 15.2 Å². The molecule has 0 N–H and O–H groups in total. The van der Waals surface area contributed by atoms with Gasteiger partial charge in [-0.3, -0.25) is 14.2 Å². The SMILES string of the molecule is COc1ccc(-c2cc3ncn(CC(=O)N4c5ccccc5CC4C)c(=O)c3s2)cc1. The minimum atomic E-state index is -0.191. The van der Waals surface area contributed by atoms with Crippen molar-refractivity contribution < 1.29 is 9.53 Å². The number of amides is 1. The predicted molar refractivity (Wildman–Crippen MR) is 123 cm³/mol. The fraction of sp³-hybridized carbons (Fsp3) is 0.208. The number of methoxy groups -OCH3 is 1. The highest BCUT2D eigenvalue weighted by Crippen LogP contribution is 2.33. The van der Waals surface area contributed by atoms with Gasteiger partial charge in [-0.15, -0.1) is 11.3 Å². The van der Waals surface area contributed by atoms with Gasteiger partial charge >= 0.3 is 0 Å². The molecule has 0 aliphatic carbocycles. The van der Waals surface area contributed by atoms with Gasteiger partial charge in [-0.1, -0.05) is 18.2 Å². The zero-order valence-corrected chi connectivity index (χ0v) is 18.1. The summed E-state index contributed by atoms with van der Waals surface area (Å²) in [5.74, 6) is 0.675. The number of carbonyl (C=O) groups excluding carboxylic acids is 1. The van der Waals surface area contributed by atoms with E-state index >= 15 is 0 Å². The van der Waals surface area contributed by atoms with E-state index in [1.54, 1.807) is 12.0 Å². The van der Waals surface area contributed by atoms with E-state index in [9.17, 15) is 9.59 Å². The molecule has 31 heavy (non-hydrogen) atoms. The lowest BCUT2D eigenvalue weighted by molar-refractivity contribution is -0.119. The highest BCUT2D eigenvalue weighted by atomic mass is 32.1. The van der Waals surface area contributed by atoms with Crippen molar-refractivity contribution >= 4 is 33.1 Å². The van der Waals surface area contributed by atoms with Crippen LogP contribution >= 0.6 is 11.3 Å². The van der Waals surface area contributed by atoms with E-state index in [4.69, 9.17) is 4.74 Å². The van der Waals surface area contributed by atoms with Gasteiger partial charge < -0.3 is 9.64 Å². The number of thiophene rings is 1. The van der Waals surface area contributed by atoms with Crippen LogP contribution in [0.2, 0.25) is 0 Å². The molecule has 1 aliphatic rings. The smallest absolute Gasteiger partial charge is 0.271 e. The van der Waals surface area contributed by atoms with Crippen LogP contribution in [0.1, 0.15) is 12.5 Å². The number of rotatable bonds is 4. The van der Waals surface area contributed by atoms with Gasteiger partial charge in [0.25, 0.3) is 5.56 Å². The maximum absolute atomic E-state index is 13.1. The summed E-state index contributed by atoms with van der Waals surface area (Å²) in [7, 11) is 1.63. The Labute approximate surface area is 183 Å². The van der Waals surface area contributed by atoms with E-state index in [-0.39, 0.29) is 24.1 Å². The summed E-state index contributed by atoms with van der Waals surface area (Å²) >= 11 is 1.39. The molecule has 1 aliphatic heterocycles. The third-order valence-corrected chi connectivity index (χ3v) is 6.82. The summed E-state index contributed by atoms with van der Waals surface area (Å²) in [5.41, 5.74) is 3.53. The molecule has 5 rings (SSSR count). The second-order valence-corrected chi connectivity index (χ2v) is 8.73. The summed E-state index contributed by atoms with van der Waals surface area (Å²) in [6.07, 6.45) is 2.30. The average Bonchev–Trinajstić information content (AvgIpc) is 3.36. The summed E-state index contributed by atoms with van der Waals surface area (Å²) in [4.78, 5) is 33.4. The Morgan fingerprint density at radius 3 is 2.74 bits per heavy atom. The Bertz CT molecular complexity index is 1340. The Morgan fingerprint density at radius 2 is 1.97 bits per heavy atom. The first-order chi connectivity index (χ1) is 15.0. The van der Waals surface area contributed by atoms with Gasteiger partial charge in [0.1, 0.15) is 17.0 Å². The predicted octanol–water partition coefficient (Wildman–Crippen LogP) is 4.11. The van der Waals surface area contributed by atoms with E-state index in [1.807, 2.05) is 61.5 Å². The van der Waals surface area contributed by atoms with E-state index < -0.39 is 0 Å². The highest BCUT2D eigenvalue weighted by Gasteiger charge is 2.30. The second-order valence-electron chi connectivity index (χ2n) is 7.68. The Balaban J connectivity index is 1.45. The van der Waals surface area contributed by atoms with Crippen molar-refractivity contribution in [2.24, 2.45) is 0 Å². The maximum Gasteiger partial charge on any atom is 0.271 e. The van der Waals surface area contributed by atoms with E-state index in [0.717, 1.165) is 33.9 Å². The molecule has 0 saturated carbocycles. The molecule has 156 valence electrons. The lowest BCUT2D eigenvalue weighted by atomic mass is 10.1. The first-order valence-electron chi connectivity index (χ1n) is 10.1. The summed E-state index contributed by atoms with van der Waals surface area (Å²) in [6, 6.07) is 17.6. The molecule has 0 fully saturated rings. The van der Waals surface area contributed by atoms with Gasteiger partial charge in [-0.2, -0.15) is 0 Å². The highest BCUT2D eigenvalue weighted by molar-refractivity contribution is 7.22. The molecule has 1 amide bonds. The lowest BCUT2D eigenvalue weighted by Gasteiger charge is -2.23. The van der Waals surface area contributed by atoms with Crippen molar-refractivity contribution in [1.82, 2.24) is 9.55 Å². The van der Waals surface area contributed by atoms with Gasteiger partial charge in [0, 0.05) is 16.6 Å². The number of benzene rings is 2. The molecule has 0 radical (unpaired) electrons. The minimum Gasteiger partial charge on any atom is -0.497 e. The van der Waals surface area contributed by atoms with E-state index in [0.29, 0.717) is 10.2 Å². The molecule has 0 bridgehead atoms. The van der Waals surface area contributed by atoms with Crippen molar-refractivity contribution in [3.63, 3.8) is 0 Å². The van der Waals surface area contributed by atoms with Crippen LogP contribution in [0.3, 0.4) is 0 Å². The van der Waals surface area contributed by atoms with Crippen LogP contribution in [0, 0.1) is 0 Å². The average molecular weight is 432 g/mol. The Morgan fingerprint density at radius 1 is 1.19 bits per heavy atom. The van der Waals surface area contributed by atoms with Crippen molar-refractivity contribution in [2.75, 3.05) is 12.0 Å². The molecule has 2 aromatic carbocycles. The summed E-state index contributed by atoms with van der Waals surface area (Å²) < 4.78 is 7.17. The van der Waals surface area contributed by atoms with E-state index in [2.05, 4.69) is 4.98 Å². The maximum atomic E-state index is 13.1. The second kappa shape index (κ2) is 7.67. The van der Waals surface area contributed by atoms with Crippen molar-refractivity contribution in [3.05, 3.63) is 76.8 Å². The molecular weight excluding hydrogens is 410 g/mol. The Kier molecular flexibility index (Phi) is 4.82. The van der Waals surface area contributed by atoms with Gasteiger partial charge in [0.15, 0.2) is 0 Å². The first-order valence-corrected chi connectivity index (χ1v) is 10.9. The zero-order valence-electron chi connectivity index (χ0n) is 17.2. The number of carbonyl (C=O) groups is 1. The van der Waals surface area contributed by atoms with Crippen LogP contribution in [0.4, 0.5) is 5.69 Å². The van der Waals surface area contributed by atoms with Crippen LogP contribution in [-0.4, -0.2) is 28.6 Å². The van der Waals surface area contributed by atoms with E-state index in [1.165, 1.54) is 22.2 Å². The molecular formula is C24H21N3O3S. The monoisotopic (exact) mass is 431 g/mol. The third-order valence-electron chi connectivity index (χ3n) is 5.66. The van der Waals surface area contributed by atoms with Crippen LogP contribution in [0.25, 0.3) is 20.7 Å². The molecule has 7 heteroatoms. The molecule has 2 aromatic heterocycles. The molecule has 0 spiro atoms. The van der Waals surface area contributed by atoms with Gasteiger partial charge in [-0.05, 0) is 60.9 Å². The summed E-state index contributed by atoms with van der Waals surface area (Å²) in [5, 5.41) is 0. The number of aromatic nitrogens is 2. The number of para-hydroxylation sites is 1. The molecule has 3 heterocycles. The third kappa shape index (κ3) is 3.41. The number of fused-ring (bicyclic) bond motifs is 2. The molecule has 0 saturated heterocycles. The van der Waals surface area contributed by atoms with Crippen LogP contribution in [0.5, 0.6) is 5.75 Å². The van der Waals surface area contributed by atoms with Crippen molar-refractivity contribution in [2.45, 2.75) is 25.9 Å². The number of nitrogens with zero attached hydrogens (tertiary/aromatic N) is 3. The normalized spacial score (nSPS) is 15.3. The number of hydrogen-bond donors (Lipinski definition) is 0. The zero-order chi connectivity index (χ0) is 21.5. The number of ether oxygens (including phenoxy) is 1. The molecule has 1 atom stereocenters. The number of hydrogen-bond acceptors (Lipinski definition) is 5. The number of anilines is 1. The lowest BCUT2D eigenvalue weighted by Crippen LogP contribution is -2.39. The first kappa shape index (κ1) is 19.5. The standard InChI is InChI=1S/C24H21N3O3S/c1-15-11-17-5-3-4-6-20(17)27(15)22(28)13-26-14-25-19-12-21(31-23(19)24(26)29)16-7-9-18(30-2)10-8-16/h3-10,12,14-15H,11,13H2,1-2H3. The van der Waals surface area contributed by atoms with Crippen molar-refractivity contribution in [1.29, 1.82) is 0 Å². The van der Waals surface area contributed by atoms with Gasteiger partial charge in [0.2, 0.25) is 5.91 Å². The molecule has 1 unspecified atom stereocenters. The Hall–Kier alpha value is -3.45. The summed E-state index contributed by atoms with van der Waals surface area (Å²) in [6.45, 7) is 2.00. The molecule has 6 nitrogen and oxygen atoms in total. The van der Waals surface area contributed by atoms with Gasteiger partial charge in [0.05, 0.1) is 19.0 Å². The minimum absolute atomic E-state index is 0.0315.